The van der Waals surface area contributed by atoms with Gasteiger partial charge in [-0.05, 0) is 6.07 Å². The summed E-state index contributed by atoms with van der Waals surface area (Å²) < 4.78 is 40.3. The predicted octanol–water partition coefficient (Wildman–Crippen LogP) is 3.46. The van der Waals surface area contributed by atoms with Crippen LogP contribution in [0.5, 0.6) is 0 Å². The molecule has 3 aromatic rings. The summed E-state index contributed by atoms with van der Waals surface area (Å²) in [5.74, 6) is 0. The first-order valence-electron chi connectivity index (χ1n) is 7.33. The molecule has 3 rings (SSSR count). The highest BCUT2D eigenvalue weighted by atomic mass is 19.4. The maximum Gasteiger partial charge on any atom is 0.408 e. The zero-order chi connectivity index (χ0) is 17.2. The number of alkyl halides is 3. The number of halogens is 3. The lowest BCUT2D eigenvalue weighted by Gasteiger charge is -2.11. The Morgan fingerprint density at radius 2 is 1.88 bits per heavy atom. The van der Waals surface area contributed by atoms with E-state index in [9.17, 15) is 13.2 Å². The van der Waals surface area contributed by atoms with Crippen molar-refractivity contribution in [1.82, 2.24) is 19.6 Å². The quantitative estimate of drug-likeness (QED) is 0.777. The van der Waals surface area contributed by atoms with Crippen LogP contribution in [0.2, 0.25) is 0 Å². The summed E-state index contributed by atoms with van der Waals surface area (Å²) >= 11 is 0. The number of hydrogen-bond donors (Lipinski definition) is 1. The molecule has 24 heavy (non-hydrogen) atoms. The molecule has 0 radical (unpaired) electrons. The second-order valence-corrected chi connectivity index (χ2v) is 5.38. The van der Waals surface area contributed by atoms with E-state index in [0.29, 0.717) is 5.69 Å². The Morgan fingerprint density at radius 1 is 1.12 bits per heavy atom. The number of aromatic nitrogens is 4. The number of benzene rings is 1. The molecular formula is C16H16F3N5. The van der Waals surface area contributed by atoms with Crippen molar-refractivity contribution >= 4 is 5.69 Å². The Kier molecular flexibility index (Phi) is 4.28. The fourth-order valence-corrected chi connectivity index (χ4v) is 2.44. The molecule has 0 aliphatic rings. The van der Waals surface area contributed by atoms with Gasteiger partial charge in [-0.15, -0.1) is 0 Å². The van der Waals surface area contributed by atoms with Crippen LogP contribution in [-0.2, 0) is 20.1 Å². The fraction of sp³-hybridized carbons (Fsp3) is 0.250. The summed E-state index contributed by atoms with van der Waals surface area (Å²) in [5.41, 5.74) is 2.89. The molecule has 1 aromatic carbocycles. The standard InChI is InChI=1S/C16H16F3N5/c1-23-10-14(15(22-23)12-5-3-2-4-6-12)20-9-13-7-8-21-24(13)11-16(17,18)19/h2-8,10,20H,9,11H2,1H3. The molecule has 0 fully saturated rings. The molecule has 0 aliphatic carbocycles. The first-order valence-corrected chi connectivity index (χ1v) is 7.33. The summed E-state index contributed by atoms with van der Waals surface area (Å²) in [6.45, 7) is -0.878. The Balaban J connectivity index is 1.78. The van der Waals surface area contributed by atoms with Gasteiger partial charge in [-0.3, -0.25) is 9.36 Å². The van der Waals surface area contributed by atoms with E-state index in [1.54, 1.807) is 24.0 Å². The van der Waals surface area contributed by atoms with Gasteiger partial charge in [0, 0.05) is 25.0 Å². The normalized spacial score (nSPS) is 11.7. The zero-order valence-corrected chi connectivity index (χ0v) is 13.0. The summed E-state index contributed by atoms with van der Waals surface area (Å²) in [6, 6.07) is 11.2. The molecule has 1 N–H and O–H groups in total. The van der Waals surface area contributed by atoms with Crippen molar-refractivity contribution < 1.29 is 13.2 Å². The van der Waals surface area contributed by atoms with E-state index < -0.39 is 12.7 Å². The molecule has 0 bridgehead atoms. The molecule has 2 aromatic heterocycles. The maximum absolute atomic E-state index is 12.6. The highest BCUT2D eigenvalue weighted by Gasteiger charge is 2.29. The van der Waals surface area contributed by atoms with E-state index in [2.05, 4.69) is 15.5 Å². The molecule has 0 saturated heterocycles. The van der Waals surface area contributed by atoms with Crippen LogP contribution in [0, 0.1) is 0 Å². The molecule has 0 spiro atoms. The van der Waals surface area contributed by atoms with Gasteiger partial charge in [-0.2, -0.15) is 23.4 Å². The summed E-state index contributed by atoms with van der Waals surface area (Å²) in [7, 11) is 1.80. The molecule has 0 saturated carbocycles. The number of nitrogens with one attached hydrogen (secondary N) is 1. The lowest BCUT2D eigenvalue weighted by atomic mass is 10.1. The summed E-state index contributed by atoms with van der Waals surface area (Å²) in [5, 5.41) is 11.3. The number of hydrogen-bond acceptors (Lipinski definition) is 3. The van der Waals surface area contributed by atoms with E-state index >= 15 is 0 Å². The van der Waals surface area contributed by atoms with Gasteiger partial charge in [0.05, 0.1) is 17.9 Å². The smallest absolute Gasteiger partial charge is 0.376 e. The Hall–Kier alpha value is -2.77. The topological polar surface area (TPSA) is 47.7 Å². The third-order valence-electron chi connectivity index (χ3n) is 3.47. The first kappa shape index (κ1) is 16.1. The second-order valence-electron chi connectivity index (χ2n) is 5.38. The minimum atomic E-state index is -4.30. The molecular weight excluding hydrogens is 319 g/mol. The molecule has 0 aliphatic heterocycles. The van der Waals surface area contributed by atoms with Gasteiger partial charge >= 0.3 is 6.18 Å². The van der Waals surface area contributed by atoms with Crippen LogP contribution < -0.4 is 5.32 Å². The molecule has 2 heterocycles. The second kappa shape index (κ2) is 6.38. The molecule has 0 amide bonds. The van der Waals surface area contributed by atoms with Crippen molar-refractivity contribution in [2.45, 2.75) is 19.3 Å². The zero-order valence-electron chi connectivity index (χ0n) is 13.0. The minimum absolute atomic E-state index is 0.224. The Morgan fingerprint density at radius 3 is 2.58 bits per heavy atom. The molecule has 0 atom stereocenters. The SMILES string of the molecule is Cn1cc(NCc2ccnn2CC(F)(F)F)c(-c2ccccc2)n1. The third kappa shape index (κ3) is 3.76. The van der Waals surface area contributed by atoms with Crippen molar-refractivity contribution in [3.63, 3.8) is 0 Å². The Labute approximate surface area is 136 Å². The number of aryl methyl sites for hydroxylation is 1. The largest absolute Gasteiger partial charge is 0.408 e. The average molecular weight is 335 g/mol. The van der Waals surface area contributed by atoms with E-state index in [0.717, 1.165) is 21.6 Å². The highest BCUT2D eigenvalue weighted by molar-refractivity contribution is 5.73. The van der Waals surface area contributed by atoms with Gasteiger partial charge in [-0.1, -0.05) is 30.3 Å². The van der Waals surface area contributed by atoms with Crippen LogP contribution in [0.15, 0.2) is 48.8 Å². The average Bonchev–Trinajstić information content (AvgIpc) is 3.10. The van der Waals surface area contributed by atoms with Crippen LogP contribution in [-0.4, -0.2) is 25.7 Å². The number of anilines is 1. The van der Waals surface area contributed by atoms with Crippen LogP contribution in [0.1, 0.15) is 5.69 Å². The highest BCUT2D eigenvalue weighted by Crippen LogP contribution is 2.26. The minimum Gasteiger partial charge on any atom is -0.376 e. The lowest BCUT2D eigenvalue weighted by molar-refractivity contribution is -0.143. The molecule has 0 unspecified atom stereocenters. The van der Waals surface area contributed by atoms with E-state index in [4.69, 9.17) is 0 Å². The van der Waals surface area contributed by atoms with Crippen LogP contribution >= 0.6 is 0 Å². The summed E-state index contributed by atoms with van der Waals surface area (Å²) in [4.78, 5) is 0. The van der Waals surface area contributed by atoms with E-state index in [-0.39, 0.29) is 6.54 Å². The maximum atomic E-state index is 12.6. The van der Waals surface area contributed by atoms with Crippen molar-refractivity contribution in [2.24, 2.45) is 7.05 Å². The van der Waals surface area contributed by atoms with E-state index in [1.165, 1.54) is 6.20 Å². The van der Waals surface area contributed by atoms with Gasteiger partial charge in [0.1, 0.15) is 12.2 Å². The van der Waals surface area contributed by atoms with Crippen LogP contribution in [0.3, 0.4) is 0 Å². The van der Waals surface area contributed by atoms with Crippen molar-refractivity contribution in [3.8, 4) is 11.3 Å². The van der Waals surface area contributed by atoms with Crippen LogP contribution in [0.25, 0.3) is 11.3 Å². The predicted molar refractivity (Wildman–Crippen MR) is 84.3 cm³/mol. The molecule has 5 nitrogen and oxygen atoms in total. The summed E-state index contributed by atoms with van der Waals surface area (Å²) in [6.07, 6.45) is -1.14. The van der Waals surface area contributed by atoms with Gasteiger partial charge in [0.25, 0.3) is 0 Å². The molecule has 8 heteroatoms. The van der Waals surface area contributed by atoms with Gasteiger partial charge in [0.15, 0.2) is 0 Å². The van der Waals surface area contributed by atoms with Crippen molar-refractivity contribution in [2.75, 3.05) is 5.32 Å². The number of rotatable bonds is 5. The van der Waals surface area contributed by atoms with Crippen molar-refractivity contribution in [3.05, 3.63) is 54.5 Å². The van der Waals surface area contributed by atoms with Crippen molar-refractivity contribution in [1.29, 1.82) is 0 Å². The Bertz CT molecular complexity index is 805. The van der Waals surface area contributed by atoms with Gasteiger partial charge in [0.2, 0.25) is 0 Å². The van der Waals surface area contributed by atoms with E-state index in [1.807, 2.05) is 30.3 Å². The third-order valence-corrected chi connectivity index (χ3v) is 3.47. The van der Waals surface area contributed by atoms with Gasteiger partial charge < -0.3 is 5.32 Å². The lowest BCUT2D eigenvalue weighted by Crippen LogP contribution is -2.21. The number of nitrogens with zero attached hydrogens (tertiary/aromatic N) is 4. The first-order chi connectivity index (χ1) is 11.4. The monoisotopic (exact) mass is 335 g/mol. The van der Waals surface area contributed by atoms with Gasteiger partial charge in [-0.25, -0.2) is 0 Å². The van der Waals surface area contributed by atoms with Crippen LogP contribution in [0.4, 0.5) is 18.9 Å². The molecule has 126 valence electrons. The fourth-order valence-electron chi connectivity index (χ4n) is 2.44.